The summed E-state index contributed by atoms with van der Waals surface area (Å²) in [6.07, 6.45) is 0.801. The van der Waals surface area contributed by atoms with Crippen molar-refractivity contribution in [2.75, 3.05) is 26.2 Å². The lowest BCUT2D eigenvalue weighted by Gasteiger charge is -2.21. The van der Waals surface area contributed by atoms with Gasteiger partial charge >= 0.3 is 0 Å². The Morgan fingerprint density at radius 2 is 1.90 bits per heavy atom. The highest BCUT2D eigenvalue weighted by Crippen LogP contribution is 2.42. The average Bonchev–Trinajstić information content (AvgIpc) is 3.25. The molecule has 2 aliphatic rings. The van der Waals surface area contributed by atoms with E-state index in [9.17, 15) is 5.26 Å². The van der Waals surface area contributed by atoms with E-state index >= 15 is 0 Å². The van der Waals surface area contributed by atoms with Gasteiger partial charge in [-0.25, -0.2) is 4.57 Å². The van der Waals surface area contributed by atoms with Crippen LogP contribution in [0.1, 0.15) is 18.1 Å². The van der Waals surface area contributed by atoms with Crippen molar-refractivity contribution in [1.29, 1.82) is 5.26 Å². The molecule has 2 aliphatic heterocycles. The van der Waals surface area contributed by atoms with E-state index in [0.29, 0.717) is 36.0 Å². The predicted octanol–water partition coefficient (Wildman–Crippen LogP) is 3.45. The van der Waals surface area contributed by atoms with Crippen LogP contribution in [0.5, 0.6) is 23.0 Å². The van der Waals surface area contributed by atoms with E-state index in [1.807, 2.05) is 47.9 Å². The minimum Gasteiger partial charge on any atom is -0.493 e. The van der Waals surface area contributed by atoms with Gasteiger partial charge in [-0.15, -0.1) is 0 Å². The lowest BCUT2D eigenvalue weighted by molar-refractivity contribution is -0.673. The van der Waals surface area contributed by atoms with Crippen molar-refractivity contribution in [2.45, 2.75) is 19.9 Å². The Kier molecular flexibility index (Phi) is 4.55. The second-order valence-electron chi connectivity index (χ2n) is 7.38. The number of nitriles is 1. The zero-order chi connectivity index (χ0) is 21.5. The van der Waals surface area contributed by atoms with Crippen LogP contribution in [0.4, 0.5) is 5.82 Å². The fraction of sp³-hybridized carbons (Fsp3) is 0.250. The second kappa shape index (κ2) is 7.40. The van der Waals surface area contributed by atoms with Gasteiger partial charge < -0.3 is 18.9 Å². The van der Waals surface area contributed by atoms with Gasteiger partial charge in [-0.3, -0.25) is 5.73 Å². The molecular formula is C24H22N3O4+. The van der Waals surface area contributed by atoms with Crippen LogP contribution < -0.4 is 29.2 Å². The molecule has 0 radical (unpaired) electrons. The molecule has 2 aromatic carbocycles. The fourth-order valence-electron chi connectivity index (χ4n) is 4.27. The van der Waals surface area contributed by atoms with E-state index in [2.05, 4.69) is 6.07 Å². The number of anilines is 1. The van der Waals surface area contributed by atoms with Gasteiger partial charge in [0, 0.05) is 17.5 Å². The molecule has 1 aromatic heterocycles. The van der Waals surface area contributed by atoms with E-state index < -0.39 is 0 Å². The van der Waals surface area contributed by atoms with Crippen molar-refractivity contribution in [2.24, 2.45) is 0 Å². The number of nitrogen functional groups attached to an aromatic ring is 1. The van der Waals surface area contributed by atoms with Crippen LogP contribution in [-0.4, -0.2) is 20.5 Å². The zero-order valence-corrected chi connectivity index (χ0v) is 17.4. The molecule has 0 spiro atoms. The van der Waals surface area contributed by atoms with E-state index in [4.69, 9.17) is 24.7 Å². The number of aromatic nitrogens is 1. The SMILES string of the molecule is CCOc1cc(-c2cc3[n+](c(N)c2C#N)CCc2cc4c(cc2-3)OCO4)ccc1OC. The first-order valence-electron chi connectivity index (χ1n) is 10.1. The Morgan fingerprint density at radius 1 is 1.10 bits per heavy atom. The highest BCUT2D eigenvalue weighted by molar-refractivity contribution is 5.80. The summed E-state index contributed by atoms with van der Waals surface area (Å²) < 4.78 is 24.3. The number of benzene rings is 2. The normalized spacial score (nSPS) is 13.2. The predicted molar refractivity (Wildman–Crippen MR) is 114 cm³/mol. The Morgan fingerprint density at radius 3 is 2.65 bits per heavy atom. The molecule has 156 valence electrons. The third-order valence-electron chi connectivity index (χ3n) is 5.75. The molecule has 5 rings (SSSR count). The number of hydrogen-bond acceptors (Lipinski definition) is 6. The summed E-state index contributed by atoms with van der Waals surface area (Å²) in [6.45, 7) is 3.34. The van der Waals surface area contributed by atoms with Crippen LogP contribution in [0.3, 0.4) is 0 Å². The molecule has 0 amide bonds. The molecular weight excluding hydrogens is 394 g/mol. The maximum Gasteiger partial charge on any atom is 0.291 e. The fourth-order valence-corrected chi connectivity index (χ4v) is 4.27. The van der Waals surface area contributed by atoms with E-state index in [-0.39, 0.29) is 6.79 Å². The molecule has 3 aromatic rings. The van der Waals surface area contributed by atoms with Crippen LogP contribution in [0.15, 0.2) is 36.4 Å². The van der Waals surface area contributed by atoms with Crippen LogP contribution >= 0.6 is 0 Å². The molecule has 31 heavy (non-hydrogen) atoms. The van der Waals surface area contributed by atoms with Crippen molar-refractivity contribution in [3.63, 3.8) is 0 Å². The van der Waals surface area contributed by atoms with Gasteiger partial charge in [0.2, 0.25) is 6.79 Å². The number of hydrogen-bond donors (Lipinski definition) is 1. The zero-order valence-electron chi connectivity index (χ0n) is 17.4. The van der Waals surface area contributed by atoms with Gasteiger partial charge in [0.15, 0.2) is 23.0 Å². The van der Waals surface area contributed by atoms with Gasteiger partial charge in [0.1, 0.15) is 17.3 Å². The summed E-state index contributed by atoms with van der Waals surface area (Å²) in [5.41, 5.74) is 11.7. The maximum atomic E-state index is 9.92. The molecule has 0 saturated carbocycles. The van der Waals surface area contributed by atoms with Crippen molar-refractivity contribution in [3.05, 3.63) is 47.5 Å². The molecule has 7 nitrogen and oxygen atoms in total. The van der Waals surface area contributed by atoms with E-state index in [0.717, 1.165) is 40.3 Å². The van der Waals surface area contributed by atoms with Gasteiger partial charge in [-0.1, -0.05) is 6.07 Å². The molecule has 0 saturated heterocycles. The van der Waals surface area contributed by atoms with Crippen molar-refractivity contribution in [3.8, 4) is 51.5 Å². The summed E-state index contributed by atoms with van der Waals surface area (Å²) in [6, 6.07) is 14.0. The summed E-state index contributed by atoms with van der Waals surface area (Å²) in [5, 5.41) is 9.92. The van der Waals surface area contributed by atoms with Crippen molar-refractivity contribution in [1.82, 2.24) is 0 Å². The number of ether oxygens (including phenoxy) is 4. The third kappa shape index (κ3) is 2.99. The first-order valence-corrected chi connectivity index (χ1v) is 10.1. The Bertz CT molecular complexity index is 1250. The molecule has 0 aliphatic carbocycles. The number of nitrogens with zero attached hydrogens (tertiary/aromatic N) is 2. The first-order chi connectivity index (χ1) is 15.1. The molecule has 2 N–H and O–H groups in total. The number of pyridine rings is 1. The number of aryl methyl sites for hydroxylation is 1. The van der Waals surface area contributed by atoms with Gasteiger partial charge in [0.05, 0.1) is 20.3 Å². The lowest BCUT2D eigenvalue weighted by Crippen LogP contribution is -2.43. The van der Waals surface area contributed by atoms with Crippen molar-refractivity contribution < 1.29 is 23.5 Å². The molecule has 0 bridgehead atoms. The highest BCUT2D eigenvalue weighted by Gasteiger charge is 2.30. The van der Waals surface area contributed by atoms with Crippen molar-refractivity contribution >= 4 is 5.82 Å². The molecule has 3 heterocycles. The maximum absolute atomic E-state index is 9.92. The number of fused-ring (bicyclic) bond motifs is 4. The summed E-state index contributed by atoms with van der Waals surface area (Å²) in [7, 11) is 1.60. The minimum absolute atomic E-state index is 0.227. The summed E-state index contributed by atoms with van der Waals surface area (Å²) in [4.78, 5) is 0. The summed E-state index contributed by atoms with van der Waals surface area (Å²) in [5.74, 6) is 3.21. The molecule has 7 heteroatoms. The largest absolute Gasteiger partial charge is 0.493 e. The minimum atomic E-state index is 0.227. The number of methoxy groups -OCH3 is 1. The van der Waals surface area contributed by atoms with E-state index in [1.165, 1.54) is 5.56 Å². The highest BCUT2D eigenvalue weighted by atomic mass is 16.7. The topological polar surface area (TPSA) is 90.6 Å². The second-order valence-corrected chi connectivity index (χ2v) is 7.38. The first kappa shape index (κ1) is 19.1. The van der Waals surface area contributed by atoms with Crippen LogP contribution in [0.25, 0.3) is 22.4 Å². The average molecular weight is 416 g/mol. The lowest BCUT2D eigenvalue weighted by atomic mass is 9.92. The van der Waals surface area contributed by atoms with Gasteiger partial charge in [-0.05, 0) is 48.4 Å². The van der Waals surface area contributed by atoms with Crippen LogP contribution in [0.2, 0.25) is 0 Å². The van der Waals surface area contributed by atoms with Crippen LogP contribution in [-0.2, 0) is 13.0 Å². The van der Waals surface area contributed by atoms with Crippen LogP contribution in [0, 0.1) is 11.3 Å². The monoisotopic (exact) mass is 416 g/mol. The summed E-state index contributed by atoms with van der Waals surface area (Å²) >= 11 is 0. The van der Waals surface area contributed by atoms with E-state index in [1.54, 1.807) is 7.11 Å². The molecule has 0 unspecified atom stereocenters. The standard InChI is InChI=1S/C24H21N3O4/c1-3-29-21-8-14(4-5-20(21)28-2)16-10-19-17-11-23-22(30-13-31-23)9-15(17)6-7-27(19)24(26)18(16)12-25/h4-5,8-11,26H,3,6-7,13H2,1-2H3/p+1. The number of nitrogens with two attached hydrogens (primary N) is 1. The van der Waals surface area contributed by atoms with Gasteiger partial charge in [0.25, 0.3) is 5.82 Å². The smallest absolute Gasteiger partial charge is 0.291 e. The third-order valence-corrected chi connectivity index (χ3v) is 5.75. The number of rotatable bonds is 4. The molecule has 0 atom stereocenters. The quantitative estimate of drug-likeness (QED) is 0.655. The van der Waals surface area contributed by atoms with Gasteiger partial charge in [-0.2, -0.15) is 5.26 Å². The Hall–Kier alpha value is -3.92. The molecule has 0 fully saturated rings. The Balaban J connectivity index is 1.72. The Labute approximate surface area is 180 Å².